The molecule has 0 atom stereocenters. The highest BCUT2D eigenvalue weighted by atomic mass is 19.1. The van der Waals surface area contributed by atoms with Crippen LogP contribution in [0.15, 0.2) is 42.0 Å². The number of morpholine rings is 1. The number of benzene rings is 2. The lowest BCUT2D eigenvalue weighted by Gasteiger charge is -2.29. The van der Waals surface area contributed by atoms with Gasteiger partial charge in [-0.2, -0.15) is 0 Å². The van der Waals surface area contributed by atoms with Crippen LogP contribution in [0, 0.1) is 19.7 Å². The zero-order valence-electron chi connectivity index (χ0n) is 17.3. The summed E-state index contributed by atoms with van der Waals surface area (Å²) < 4.78 is 20.0. The molecule has 0 aliphatic carbocycles. The van der Waals surface area contributed by atoms with Crippen molar-refractivity contribution in [1.29, 1.82) is 0 Å². The van der Waals surface area contributed by atoms with Crippen molar-refractivity contribution in [3.05, 3.63) is 64.5 Å². The highest BCUT2D eigenvalue weighted by molar-refractivity contribution is 6.39. The Bertz CT molecular complexity index is 1090. The molecule has 0 aromatic heterocycles. The summed E-state index contributed by atoms with van der Waals surface area (Å²) in [5, 5.41) is 2.19. The van der Waals surface area contributed by atoms with E-state index in [4.69, 9.17) is 4.74 Å². The van der Waals surface area contributed by atoms with Gasteiger partial charge in [0, 0.05) is 13.1 Å². The van der Waals surface area contributed by atoms with Crippen molar-refractivity contribution in [1.82, 2.24) is 5.32 Å². The van der Waals surface area contributed by atoms with Gasteiger partial charge >= 0.3 is 6.03 Å². The first-order valence-corrected chi connectivity index (χ1v) is 9.95. The molecule has 31 heavy (non-hydrogen) atoms. The molecule has 0 saturated carbocycles. The van der Waals surface area contributed by atoms with Crippen LogP contribution >= 0.6 is 0 Å². The van der Waals surface area contributed by atoms with E-state index in [0.717, 1.165) is 16.0 Å². The van der Waals surface area contributed by atoms with E-state index in [0.29, 0.717) is 43.2 Å². The van der Waals surface area contributed by atoms with Crippen molar-refractivity contribution in [2.45, 2.75) is 13.8 Å². The minimum atomic E-state index is -0.814. The number of amides is 4. The van der Waals surface area contributed by atoms with E-state index >= 15 is 0 Å². The standard InChI is InChI=1S/C23H22FN3O4/c1-14-9-15(2)11-17(10-14)27-22(29)18(21(28)25-23(27)30)12-16-3-4-20(19(24)13-16)26-5-7-31-8-6-26/h3-4,9-13H,5-8H2,1-2H3,(H,25,28,30). The van der Waals surface area contributed by atoms with Crippen molar-refractivity contribution in [2.24, 2.45) is 0 Å². The Hall–Kier alpha value is -3.52. The molecule has 2 heterocycles. The number of hydrogen-bond donors (Lipinski definition) is 1. The number of anilines is 2. The molecule has 2 aliphatic rings. The zero-order valence-corrected chi connectivity index (χ0v) is 17.3. The summed E-state index contributed by atoms with van der Waals surface area (Å²) in [5.41, 5.74) is 2.67. The lowest BCUT2D eigenvalue weighted by Crippen LogP contribution is -2.54. The number of carbonyl (C=O) groups is 3. The Morgan fingerprint density at radius 2 is 1.68 bits per heavy atom. The average Bonchev–Trinajstić information content (AvgIpc) is 2.71. The monoisotopic (exact) mass is 423 g/mol. The van der Waals surface area contributed by atoms with E-state index in [1.807, 2.05) is 24.8 Å². The van der Waals surface area contributed by atoms with Crippen molar-refractivity contribution < 1.29 is 23.5 Å². The van der Waals surface area contributed by atoms with Crippen molar-refractivity contribution in [2.75, 3.05) is 36.1 Å². The highest BCUT2D eigenvalue weighted by Gasteiger charge is 2.37. The van der Waals surface area contributed by atoms with Crippen LogP contribution < -0.4 is 15.1 Å². The molecular weight excluding hydrogens is 401 g/mol. The molecule has 2 fully saturated rings. The van der Waals surface area contributed by atoms with Gasteiger partial charge in [0.05, 0.1) is 24.6 Å². The number of hydrogen-bond acceptors (Lipinski definition) is 5. The number of urea groups is 1. The Labute approximate surface area is 179 Å². The third-order valence-electron chi connectivity index (χ3n) is 5.20. The third-order valence-corrected chi connectivity index (χ3v) is 5.20. The maximum atomic E-state index is 14.7. The van der Waals surface area contributed by atoms with E-state index in [-0.39, 0.29) is 5.57 Å². The summed E-state index contributed by atoms with van der Waals surface area (Å²) in [5.74, 6) is -2.02. The first kappa shape index (κ1) is 20.7. The second-order valence-corrected chi connectivity index (χ2v) is 7.61. The van der Waals surface area contributed by atoms with Gasteiger partial charge in [-0.3, -0.25) is 14.9 Å². The van der Waals surface area contributed by atoms with E-state index in [1.54, 1.807) is 24.3 Å². The Balaban J connectivity index is 1.66. The quantitative estimate of drug-likeness (QED) is 0.607. The molecule has 4 amide bonds. The molecule has 0 unspecified atom stereocenters. The molecule has 1 N–H and O–H groups in total. The van der Waals surface area contributed by atoms with Gasteiger partial charge in [0.1, 0.15) is 11.4 Å². The average molecular weight is 423 g/mol. The fourth-order valence-electron chi connectivity index (χ4n) is 3.81. The van der Waals surface area contributed by atoms with Crippen LogP contribution in [0.4, 0.5) is 20.6 Å². The van der Waals surface area contributed by atoms with Crippen LogP contribution in [0.1, 0.15) is 16.7 Å². The Morgan fingerprint density at radius 1 is 1.00 bits per heavy atom. The van der Waals surface area contributed by atoms with E-state index in [1.165, 1.54) is 12.1 Å². The molecule has 4 rings (SSSR count). The lowest BCUT2D eigenvalue weighted by atomic mass is 10.0. The molecule has 2 aromatic rings. The van der Waals surface area contributed by atoms with Crippen LogP contribution in [0.5, 0.6) is 0 Å². The smallest absolute Gasteiger partial charge is 0.335 e. The molecule has 7 nitrogen and oxygen atoms in total. The molecule has 160 valence electrons. The number of carbonyl (C=O) groups excluding carboxylic acids is 3. The predicted molar refractivity (Wildman–Crippen MR) is 114 cm³/mol. The van der Waals surface area contributed by atoms with Crippen LogP contribution in [-0.4, -0.2) is 44.1 Å². The third kappa shape index (κ3) is 4.20. The Morgan fingerprint density at radius 3 is 2.32 bits per heavy atom. The predicted octanol–water partition coefficient (Wildman–Crippen LogP) is 2.95. The number of barbiturate groups is 1. The van der Waals surface area contributed by atoms with Crippen LogP contribution in [0.2, 0.25) is 0 Å². The van der Waals surface area contributed by atoms with Gasteiger partial charge in [0.2, 0.25) is 0 Å². The van der Waals surface area contributed by atoms with Gasteiger partial charge in [-0.15, -0.1) is 0 Å². The fraction of sp³-hybridized carbons (Fsp3) is 0.261. The SMILES string of the molecule is Cc1cc(C)cc(N2C(=O)NC(=O)C(=Cc3ccc(N4CCOCC4)c(F)c3)C2=O)c1. The number of aryl methyl sites for hydroxylation is 2. The summed E-state index contributed by atoms with van der Waals surface area (Å²) >= 11 is 0. The van der Waals surface area contributed by atoms with Gasteiger partial charge in [-0.05, 0) is 60.9 Å². The van der Waals surface area contributed by atoms with Gasteiger partial charge in [-0.25, -0.2) is 14.1 Å². The van der Waals surface area contributed by atoms with Crippen LogP contribution in [-0.2, 0) is 14.3 Å². The molecule has 2 aliphatic heterocycles. The maximum absolute atomic E-state index is 14.7. The van der Waals surface area contributed by atoms with Crippen molar-refractivity contribution >= 4 is 35.3 Å². The maximum Gasteiger partial charge on any atom is 0.335 e. The van der Waals surface area contributed by atoms with Crippen molar-refractivity contribution in [3.8, 4) is 0 Å². The van der Waals surface area contributed by atoms with Gasteiger partial charge in [0.25, 0.3) is 11.8 Å². The van der Waals surface area contributed by atoms with Crippen LogP contribution in [0.3, 0.4) is 0 Å². The number of nitrogens with one attached hydrogen (secondary N) is 1. The minimum Gasteiger partial charge on any atom is -0.378 e. The van der Waals surface area contributed by atoms with Crippen LogP contribution in [0.25, 0.3) is 6.08 Å². The highest BCUT2D eigenvalue weighted by Crippen LogP contribution is 2.26. The lowest BCUT2D eigenvalue weighted by molar-refractivity contribution is -0.122. The molecule has 2 aromatic carbocycles. The molecular formula is C23H22FN3O4. The second-order valence-electron chi connectivity index (χ2n) is 7.61. The number of nitrogens with zero attached hydrogens (tertiary/aromatic N) is 2. The van der Waals surface area contributed by atoms with Gasteiger partial charge < -0.3 is 9.64 Å². The molecule has 0 spiro atoms. The minimum absolute atomic E-state index is 0.239. The van der Waals surface area contributed by atoms with Crippen molar-refractivity contribution in [3.63, 3.8) is 0 Å². The second kappa shape index (κ2) is 8.31. The first-order chi connectivity index (χ1) is 14.8. The Kier molecular flexibility index (Phi) is 5.56. The first-order valence-electron chi connectivity index (χ1n) is 9.95. The zero-order chi connectivity index (χ0) is 22.1. The summed E-state index contributed by atoms with van der Waals surface area (Å²) in [7, 11) is 0. The fourth-order valence-corrected chi connectivity index (χ4v) is 3.81. The summed E-state index contributed by atoms with van der Waals surface area (Å²) in [6, 6.07) is 9.01. The number of imide groups is 2. The van der Waals surface area contributed by atoms with E-state index < -0.39 is 23.7 Å². The molecule has 2 saturated heterocycles. The number of rotatable bonds is 3. The number of ether oxygens (including phenoxy) is 1. The topological polar surface area (TPSA) is 79.0 Å². The molecule has 8 heteroatoms. The summed E-state index contributed by atoms with van der Waals surface area (Å²) in [6.07, 6.45) is 1.30. The van der Waals surface area contributed by atoms with Gasteiger partial charge in [0.15, 0.2) is 0 Å². The number of halogens is 1. The summed E-state index contributed by atoms with van der Waals surface area (Å²) in [6.45, 7) is 5.94. The normalized spacial score (nSPS) is 18.5. The van der Waals surface area contributed by atoms with E-state index in [9.17, 15) is 18.8 Å². The largest absolute Gasteiger partial charge is 0.378 e. The molecule has 0 radical (unpaired) electrons. The molecule has 0 bridgehead atoms. The van der Waals surface area contributed by atoms with Gasteiger partial charge in [-0.1, -0.05) is 12.1 Å². The van der Waals surface area contributed by atoms with E-state index in [2.05, 4.69) is 5.32 Å². The summed E-state index contributed by atoms with van der Waals surface area (Å²) in [4.78, 5) is 40.6.